The van der Waals surface area contributed by atoms with Crippen molar-refractivity contribution in [2.75, 3.05) is 31.1 Å². The minimum absolute atomic E-state index is 0.320. The summed E-state index contributed by atoms with van der Waals surface area (Å²) in [4.78, 5) is 2.54. The lowest BCUT2D eigenvalue weighted by Crippen LogP contribution is -2.62. The van der Waals surface area contributed by atoms with Crippen LogP contribution in [0.4, 0.5) is 5.69 Å². The van der Waals surface area contributed by atoms with Crippen molar-refractivity contribution in [3.05, 3.63) is 95.1 Å². The van der Waals surface area contributed by atoms with Gasteiger partial charge in [0.05, 0.1) is 0 Å². The van der Waals surface area contributed by atoms with Crippen molar-refractivity contribution in [1.82, 2.24) is 5.32 Å². The maximum Gasteiger partial charge on any atom is 0.115 e. The maximum absolute atomic E-state index is 10.1. The molecule has 2 heterocycles. The molecule has 0 unspecified atom stereocenters. The summed E-state index contributed by atoms with van der Waals surface area (Å²) < 4.78 is 0. The molecule has 3 heteroatoms. The molecule has 2 aliphatic heterocycles. The van der Waals surface area contributed by atoms with Crippen LogP contribution in [0.25, 0.3) is 0 Å². The van der Waals surface area contributed by atoms with Gasteiger partial charge in [-0.2, -0.15) is 0 Å². The van der Waals surface area contributed by atoms with Crippen molar-refractivity contribution < 1.29 is 5.11 Å². The third-order valence-electron chi connectivity index (χ3n) is 8.05. The Morgan fingerprint density at radius 2 is 1.72 bits per heavy atom. The predicted molar refractivity (Wildman–Crippen MR) is 131 cm³/mol. The van der Waals surface area contributed by atoms with Gasteiger partial charge >= 0.3 is 0 Å². The van der Waals surface area contributed by atoms with Crippen molar-refractivity contribution in [2.45, 2.75) is 37.5 Å². The number of aryl methyl sites for hydroxylation is 1. The molecule has 3 aliphatic rings. The number of anilines is 1. The molecule has 164 valence electrons. The van der Waals surface area contributed by atoms with Crippen LogP contribution in [-0.4, -0.2) is 31.3 Å². The monoisotopic (exact) mass is 424 g/mol. The maximum atomic E-state index is 10.1. The fraction of sp³-hybridized carbons (Fsp3) is 0.379. The number of fused-ring (bicyclic) bond motifs is 1. The molecule has 2 saturated heterocycles. The van der Waals surface area contributed by atoms with E-state index in [9.17, 15) is 5.11 Å². The summed E-state index contributed by atoms with van der Waals surface area (Å²) in [6, 6.07) is 26.3. The Kier molecular flexibility index (Phi) is 4.95. The first-order valence-electron chi connectivity index (χ1n) is 12.1. The molecule has 0 radical (unpaired) electrons. The van der Waals surface area contributed by atoms with Gasteiger partial charge in [-0.05, 0) is 84.7 Å². The van der Waals surface area contributed by atoms with Crippen LogP contribution < -0.4 is 10.2 Å². The van der Waals surface area contributed by atoms with E-state index in [1.165, 1.54) is 67.0 Å². The minimum Gasteiger partial charge on any atom is -0.508 e. The zero-order valence-corrected chi connectivity index (χ0v) is 18.6. The predicted octanol–water partition coefficient (Wildman–Crippen LogP) is 5.44. The lowest BCUT2D eigenvalue weighted by molar-refractivity contribution is 0.157. The quantitative estimate of drug-likeness (QED) is 0.587. The third-order valence-corrected chi connectivity index (χ3v) is 8.05. The van der Waals surface area contributed by atoms with Crippen molar-refractivity contribution in [3.63, 3.8) is 0 Å². The van der Waals surface area contributed by atoms with E-state index in [4.69, 9.17) is 0 Å². The number of phenolic OH excluding ortho intramolecular Hbond substituents is 1. The minimum atomic E-state index is 0.320. The summed E-state index contributed by atoms with van der Waals surface area (Å²) in [5.41, 5.74) is 7.30. The molecule has 2 fully saturated rings. The average Bonchev–Trinajstić information content (AvgIpc) is 2.83. The Bertz CT molecular complexity index is 1080. The van der Waals surface area contributed by atoms with Crippen LogP contribution in [0.3, 0.4) is 0 Å². The molecule has 0 bridgehead atoms. The van der Waals surface area contributed by atoms with Crippen LogP contribution in [0.1, 0.15) is 53.4 Å². The molecule has 1 aliphatic carbocycles. The first kappa shape index (κ1) is 19.9. The van der Waals surface area contributed by atoms with Gasteiger partial charge in [-0.3, -0.25) is 0 Å². The average molecular weight is 425 g/mol. The first-order valence-corrected chi connectivity index (χ1v) is 12.1. The zero-order chi connectivity index (χ0) is 21.5. The van der Waals surface area contributed by atoms with Crippen LogP contribution in [-0.2, 0) is 6.42 Å². The second-order valence-electron chi connectivity index (χ2n) is 10.1. The van der Waals surface area contributed by atoms with E-state index in [2.05, 4.69) is 70.9 Å². The smallest absolute Gasteiger partial charge is 0.115 e. The van der Waals surface area contributed by atoms with Crippen molar-refractivity contribution in [2.24, 2.45) is 5.41 Å². The van der Waals surface area contributed by atoms with Crippen molar-refractivity contribution in [1.29, 1.82) is 0 Å². The second kappa shape index (κ2) is 7.97. The number of benzene rings is 3. The highest BCUT2D eigenvalue weighted by molar-refractivity contribution is 5.54. The van der Waals surface area contributed by atoms with E-state index in [0.29, 0.717) is 23.0 Å². The van der Waals surface area contributed by atoms with E-state index in [1.807, 2.05) is 12.1 Å². The Morgan fingerprint density at radius 3 is 2.47 bits per heavy atom. The molecule has 0 saturated carbocycles. The molecule has 0 amide bonds. The van der Waals surface area contributed by atoms with Crippen LogP contribution in [0.5, 0.6) is 5.75 Å². The molecule has 1 spiro atoms. The Labute approximate surface area is 191 Å². The van der Waals surface area contributed by atoms with Gasteiger partial charge in [0.2, 0.25) is 0 Å². The Morgan fingerprint density at radius 1 is 0.906 bits per heavy atom. The summed E-state index contributed by atoms with van der Waals surface area (Å²) in [5.74, 6) is 1.15. The summed E-state index contributed by atoms with van der Waals surface area (Å²) in [5, 5.41) is 13.6. The van der Waals surface area contributed by atoms with Crippen LogP contribution in [0.2, 0.25) is 0 Å². The number of phenols is 1. The highest BCUT2D eigenvalue weighted by atomic mass is 16.3. The van der Waals surface area contributed by atoms with Gasteiger partial charge in [-0.15, -0.1) is 0 Å². The van der Waals surface area contributed by atoms with E-state index >= 15 is 0 Å². The van der Waals surface area contributed by atoms with E-state index in [0.717, 1.165) is 12.8 Å². The number of nitrogens with one attached hydrogen (secondary N) is 1. The molecule has 6 rings (SSSR count). The molecule has 3 nitrogen and oxygen atoms in total. The molecular weight excluding hydrogens is 392 g/mol. The lowest BCUT2D eigenvalue weighted by Gasteiger charge is -2.53. The number of aromatic hydroxyl groups is 1. The number of hydrogen-bond donors (Lipinski definition) is 2. The van der Waals surface area contributed by atoms with Gasteiger partial charge in [0, 0.05) is 36.7 Å². The summed E-state index contributed by atoms with van der Waals surface area (Å²) in [6.45, 7) is 4.71. The number of rotatable bonds is 3. The highest BCUT2D eigenvalue weighted by Crippen LogP contribution is 2.47. The van der Waals surface area contributed by atoms with Gasteiger partial charge in [0.15, 0.2) is 0 Å². The van der Waals surface area contributed by atoms with Gasteiger partial charge < -0.3 is 15.3 Å². The first-order chi connectivity index (χ1) is 15.7. The van der Waals surface area contributed by atoms with Crippen LogP contribution in [0.15, 0.2) is 72.8 Å². The summed E-state index contributed by atoms with van der Waals surface area (Å²) >= 11 is 0. The van der Waals surface area contributed by atoms with Gasteiger partial charge in [-0.25, -0.2) is 0 Å². The fourth-order valence-electron chi connectivity index (χ4n) is 6.42. The Balaban J connectivity index is 1.30. The highest BCUT2D eigenvalue weighted by Gasteiger charge is 2.43. The number of nitrogens with zero attached hydrogens (tertiary/aromatic N) is 1. The fourth-order valence-corrected chi connectivity index (χ4v) is 6.42. The normalized spacial score (nSPS) is 24.1. The molecule has 3 aromatic rings. The van der Waals surface area contributed by atoms with Crippen molar-refractivity contribution >= 4 is 5.69 Å². The standard InChI is InChI=1S/C29H32N2O/c32-25-12-14-27-23(17-25)9-13-26(21-5-2-1-3-6-21)28(27)22-7-10-24(11-8-22)31-19-29(20-31)15-4-16-30-18-29/h1-3,5-8,10-12,14,17,26,28,30,32H,4,9,13,15-16,18-20H2/t26-,28+/m1/s1. The zero-order valence-electron chi connectivity index (χ0n) is 18.6. The SMILES string of the molecule is Oc1ccc2c(c1)CC[C@H](c1ccccc1)[C@@H]2c1ccc(N2CC3(CCCNC3)C2)cc1. The number of piperidine rings is 1. The number of hydrogen-bond acceptors (Lipinski definition) is 3. The molecule has 3 aromatic carbocycles. The van der Waals surface area contributed by atoms with Crippen LogP contribution >= 0.6 is 0 Å². The van der Waals surface area contributed by atoms with E-state index in [1.54, 1.807) is 0 Å². The lowest BCUT2D eigenvalue weighted by atomic mass is 9.69. The van der Waals surface area contributed by atoms with Gasteiger partial charge in [-0.1, -0.05) is 48.5 Å². The third kappa shape index (κ3) is 3.49. The van der Waals surface area contributed by atoms with E-state index < -0.39 is 0 Å². The molecule has 2 N–H and O–H groups in total. The Hall–Kier alpha value is -2.78. The summed E-state index contributed by atoms with van der Waals surface area (Å²) in [7, 11) is 0. The topological polar surface area (TPSA) is 35.5 Å². The largest absolute Gasteiger partial charge is 0.508 e. The molecule has 2 atom stereocenters. The van der Waals surface area contributed by atoms with Crippen molar-refractivity contribution in [3.8, 4) is 5.75 Å². The molecule has 32 heavy (non-hydrogen) atoms. The van der Waals surface area contributed by atoms with Gasteiger partial charge in [0.1, 0.15) is 5.75 Å². The molecule has 0 aromatic heterocycles. The molecular formula is C29H32N2O. The summed E-state index contributed by atoms with van der Waals surface area (Å²) in [6.07, 6.45) is 4.79. The second-order valence-corrected chi connectivity index (χ2v) is 10.1. The van der Waals surface area contributed by atoms with Gasteiger partial charge in [0.25, 0.3) is 0 Å². The van der Waals surface area contributed by atoms with Crippen LogP contribution in [0, 0.1) is 5.41 Å². The van der Waals surface area contributed by atoms with E-state index in [-0.39, 0.29) is 0 Å².